The molecule has 2 aromatic rings. The second-order valence-corrected chi connectivity index (χ2v) is 8.72. The van der Waals surface area contributed by atoms with Crippen molar-refractivity contribution in [1.82, 2.24) is 5.32 Å². The van der Waals surface area contributed by atoms with Gasteiger partial charge in [0.15, 0.2) is 6.54 Å². The van der Waals surface area contributed by atoms with Gasteiger partial charge in [-0.05, 0) is 43.4 Å². The van der Waals surface area contributed by atoms with Crippen molar-refractivity contribution in [3.8, 4) is 0 Å². The van der Waals surface area contributed by atoms with Crippen LogP contribution in [0, 0.1) is 0 Å². The largest absolute Gasteiger partial charge is 0.349 e. The number of hydrogen-bond donors (Lipinski definition) is 3. The number of anilines is 1. The highest BCUT2D eigenvalue weighted by molar-refractivity contribution is 6.04. The van der Waals surface area contributed by atoms with Crippen LogP contribution in [-0.2, 0) is 11.2 Å². The van der Waals surface area contributed by atoms with E-state index >= 15 is 0 Å². The summed E-state index contributed by atoms with van der Waals surface area (Å²) in [5.41, 5.74) is 3.90. The molecular weight excluding hydrogens is 374 g/mol. The molecule has 4 rings (SSSR count). The van der Waals surface area contributed by atoms with Crippen molar-refractivity contribution in [1.29, 1.82) is 0 Å². The van der Waals surface area contributed by atoms with Gasteiger partial charge in [0, 0.05) is 18.0 Å². The van der Waals surface area contributed by atoms with Gasteiger partial charge in [-0.3, -0.25) is 9.59 Å². The Morgan fingerprint density at radius 3 is 2.53 bits per heavy atom. The van der Waals surface area contributed by atoms with Crippen molar-refractivity contribution >= 4 is 17.5 Å². The van der Waals surface area contributed by atoms with Crippen molar-refractivity contribution in [3.05, 3.63) is 65.2 Å². The van der Waals surface area contributed by atoms with Gasteiger partial charge in [-0.1, -0.05) is 49.2 Å². The number of aryl methyl sites for hydroxylation is 1. The topological polar surface area (TPSA) is 62.6 Å². The Balaban J connectivity index is 1.40. The third-order valence-corrected chi connectivity index (χ3v) is 6.54. The number of para-hydroxylation sites is 1. The Labute approximate surface area is 178 Å². The van der Waals surface area contributed by atoms with Crippen LogP contribution in [0.3, 0.4) is 0 Å². The van der Waals surface area contributed by atoms with Gasteiger partial charge in [-0.15, -0.1) is 0 Å². The Morgan fingerprint density at radius 1 is 0.967 bits per heavy atom. The zero-order valence-electron chi connectivity index (χ0n) is 17.7. The van der Waals surface area contributed by atoms with Crippen molar-refractivity contribution in [2.45, 2.75) is 57.0 Å². The molecule has 2 aromatic carbocycles. The molecular formula is C25H32N3O2+. The lowest BCUT2D eigenvalue weighted by Crippen LogP contribution is -3.10. The molecule has 158 valence electrons. The molecule has 1 saturated carbocycles. The van der Waals surface area contributed by atoms with Crippen LogP contribution in [0.4, 0.5) is 5.69 Å². The van der Waals surface area contributed by atoms with Crippen molar-refractivity contribution < 1.29 is 14.5 Å². The number of carbonyl (C=O) groups is 2. The molecule has 0 aromatic heterocycles. The molecule has 0 heterocycles. The highest BCUT2D eigenvalue weighted by Gasteiger charge is 2.28. The highest BCUT2D eigenvalue weighted by Crippen LogP contribution is 2.27. The van der Waals surface area contributed by atoms with Crippen LogP contribution >= 0.6 is 0 Å². The third kappa shape index (κ3) is 4.73. The molecule has 0 aliphatic heterocycles. The van der Waals surface area contributed by atoms with Gasteiger partial charge >= 0.3 is 0 Å². The third-order valence-electron chi connectivity index (χ3n) is 6.54. The number of hydrogen-bond acceptors (Lipinski definition) is 2. The van der Waals surface area contributed by atoms with Crippen molar-refractivity contribution in [2.75, 3.05) is 18.9 Å². The molecule has 2 amide bonds. The summed E-state index contributed by atoms with van der Waals surface area (Å²) in [5, 5.41) is 6.11. The fourth-order valence-electron chi connectivity index (χ4n) is 4.96. The molecule has 2 aliphatic rings. The smallest absolute Gasteiger partial charge is 0.279 e. The molecule has 2 atom stereocenters. The van der Waals surface area contributed by atoms with Crippen LogP contribution < -0.4 is 15.5 Å². The number of benzene rings is 2. The second kappa shape index (κ2) is 9.43. The lowest BCUT2D eigenvalue weighted by Gasteiger charge is -2.30. The van der Waals surface area contributed by atoms with E-state index in [1.54, 1.807) is 6.07 Å². The van der Waals surface area contributed by atoms with Crippen LogP contribution in [0.15, 0.2) is 48.5 Å². The summed E-state index contributed by atoms with van der Waals surface area (Å²) in [5.74, 6) is -0.156. The molecule has 0 spiro atoms. The average molecular weight is 407 g/mol. The summed E-state index contributed by atoms with van der Waals surface area (Å²) >= 11 is 0. The predicted molar refractivity (Wildman–Crippen MR) is 119 cm³/mol. The molecule has 1 fully saturated rings. The van der Waals surface area contributed by atoms with Crippen LogP contribution in [-0.4, -0.2) is 31.4 Å². The monoisotopic (exact) mass is 406 g/mol. The van der Waals surface area contributed by atoms with Gasteiger partial charge in [0.1, 0.15) is 6.04 Å². The van der Waals surface area contributed by atoms with E-state index in [0.717, 1.165) is 32.1 Å². The average Bonchev–Trinajstić information content (AvgIpc) is 3.26. The molecule has 2 aliphatic carbocycles. The number of carbonyl (C=O) groups excluding carboxylic acids is 2. The SMILES string of the molecule is C[NH+](CC(=O)Nc1ccccc1C(=O)NC1CCCC1)[C@H]1CCCc2ccccc21. The number of likely N-dealkylation sites (N-methyl/N-ethyl adjacent to an activating group) is 1. The number of fused-ring (bicyclic) bond motifs is 1. The minimum atomic E-state index is -0.0975. The predicted octanol–water partition coefficient (Wildman–Crippen LogP) is 2.89. The fraction of sp³-hybridized carbons (Fsp3) is 0.440. The molecule has 0 saturated heterocycles. The quantitative estimate of drug-likeness (QED) is 0.691. The summed E-state index contributed by atoms with van der Waals surface area (Å²) in [4.78, 5) is 26.8. The van der Waals surface area contributed by atoms with Gasteiger partial charge < -0.3 is 15.5 Å². The lowest BCUT2D eigenvalue weighted by atomic mass is 9.87. The Kier molecular flexibility index (Phi) is 6.48. The second-order valence-electron chi connectivity index (χ2n) is 8.72. The van der Waals surface area contributed by atoms with E-state index in [0.29, 0.717) is 23.8 Å². The maximum absolute atomic E-state index is 12.8. The normalized spacial score (nSPS) is 19.7. The first-order valence-corrected chi connectivity index (χ1v) is 11.2. The maximum Gasteiger partial charge on any atom is 0.279 e. The number of amides is 2. The van der Waals surface area contributed by atoms with Crippen molar-refractivity contribution in [3.63, 3.8) is 0 Å². The number of nitrogens with one attached hydrogen (secondary N) is 3. The van der Waals surface area contributed by atoms with Gasteiger partial charge in [-0.25, -0.2) is 0 Å². The Morgan fingerprint density at radius 2 is 1.70 bits per heavy atom. The highest BCUT2D eigenvalue weighted by atomic mass is 16.2. The van der Waals surface area contributed by atoms with Crippen LogP contribution in [0.5, 0.6) is 0 Å². The van der Waals surface area contributed by atoms with E-state index in [9.17, 15) is 9.59 Å². The van der Waals surface area contributed by atoms with E-state index < -0.39 is 0 Å². The van der Waals surface area contributed by atoms with E-state index in [1.807, 2.05) is 18.2 Å². The van der Waals surface area contributed by atoms with E-state index in [2.05, 4.69) is 41.9 Å². The number of rotatable bonds is 6. The van der Waals surface area contributed by atoms with Gasteiger partial charge in [0.25, 0.3) is 11.8 Å². The summed E-state index contributed by atoms with van der Waals surface area (Å²) in [6, 6.07) is 16.5. The maximum atomic E-state index is 12.8. The summed E-state index contributed by atoms with van der Waals surface area (Å²) in [6.07, 6.45) is 7.79. The standard InChI is InChI=1S/C25H31N3O2/c1-28(23-16-8-10-18-9-2-5-13-20(18)23)17-24(29)27-22-15-7-6-14-21(22)25(30)26-19-11-3-4-12-19/h2,5-7,9,13-15,19,23H,3-4,8,10-12,16-17H2,1H3,(H,26,30)(H,27,29)/p+1/t23-/m0/s1. The minimum Gasteiger partial charge on any atom is -0.349 e. The van der Waals surface area contributed by atoms with Crippen LogP contribution in [0.25, 0.3) is 0 Å². The molecule has 0 bridgehead atoms. The first kappa shape index (κ1) is 20.6. The minimum absolute atomic E-state index is 0.0586. The van der Waals surface area contributed by atoms with Gasteiger partial charge in [-0.2, -0.15) is 0 Å². The van der Waals surface area contributed by atoms with E-state index in [-0.39, 0.29) is 17.9 Å². The first-order valence-electron chi connectivity index (χ1n) is 11.2. The van der Waals surface area contributed by atoms with E-state index in [4.69, 9.17) is 0 Å². The molecule has 3 N–H and O–H groups in total. The Hall–Kier alpha value is -2.66. The Bertz CT molecular complexity index is 905. The van der Waals surface area contributed by atoms with Gasteiger partial charge in [0.2, 0.25) is 0 Å². The van der Waals surface area contributed by atoms with Crippen molar-refractivity contribution in [2.24, 2.45) is 0 Å². The molecule has 1 unspecified atom stereocenters. The molecule has 5 heteroatoms. The van der Waals surface area contributed by atoms with Gasteiger partial charge in [0.05, 0.1) is 18.3 Å². The van der Waals surface area contributed by atoms with E-state index in [1.165, 1.54) is 28.9 Å². The zero-order chi connectivity index (χ0) is 20.9. The summed E-state index contributed by atoms with van der Waals surface area (Å²) in [6.45, 7) is 0.373. The van der Waals surface area contributed by atoms with Crippen LogP contribution in [0.1, 0.15) is 66.1 Å². The molecule has 30 heavy (non-hydrogen) atoms. The molecule has 0 radical (unpaired) electrons. The zero-order valence-corrected chi connectivity index (χ0v) is 17.7. The van der Waals surface area contributed by atoms with Crippen LogP contribution in [0.2, 0.25) is 0 Å². The summed E-state index contributed by atoms with van der Waals surface area (Å²) < 4.78 is 0. The molecule has 5 nitrogen and oxygen atoms in total. The first-order chi connectivity index (χ1) is 14.6. The number of quaternary nitrogens is 1. The fourth-order valence-corrected chi connectivity index (χ4v) is 4.96. The summed E-state index contributed by atoms with van der Waals surface area (Å²) in [7, 11) is 2.09. The lowest BCUT2D eigenvalue weighted by molar-refractivity contribution is -0.905.